The number of hydrogen-bond acceptors (Lipinski definition) is 4. The highest BCUT2D eigenvalue weighted by atomic mass is 16.5. The maximum Gasteiger partial charge on any atom is 0.142 e. The highest BCUT2D eigenvalue weighted by Crippen LogP contribution is 2.18. The molecule has 0 saturated carbocycles. The number of hydrogen-bond donors (Lipinski definition) is 3. The summed E-state index contributed by atoms with van der Waals surface area (Å²) in [5.41, 5.74) is 0. The monoisotopic (exact) mass is 146 g/mol. The molecule has 4 atom stereocenters. The lowest BCUT2D eigenvalue weighted by atomic mass is 9.93. The van der Waals surface area contributed by atoms with Gasteiger partial charge < -0.3 is 20.1 Å². The van der Waals surface area contributed by atoms with Crippen molar-refractivity contribution in [2.24, 2.45) is 0 Å². The van der Waals surface area contributed by atoms with Crippen LogP contribution in [0, 0.1) is 0 Å². The molecule has 3 N–H and O–H groups in total. The Kier molecular flexibility index (Phi) is 2.30. The highest BCUT2D eigenvalue weighted by molar-refractivity contribution is 6.11. The van der Waals surface area contributed by atoms with E-state index in [1.54, 1.807) is 7.85 Å². The molecular formula is C5H11BO4. The van der Waals surface area contributed by atoms with E-state index in [1.807, 2.05) is 0 Å². The molecule has 0 radical (unpaired) electrons. The van der Waals surface area contributed by atoms with Gasteiger partial charge in [0.25, 0.3) is 0 Å². The summed E-state index contributed by atoms with van der Waals surface area (Å²) in [5.74, 6) is 0. The molecule has 1 heterocycles. The Hall–Kier alpha value is -0.0951. The van der Waals surface area contributed by atoms with Crippen molar-refractivity contribution in [1.29, 1.82) is 0 Å². The normalized spacial score (nSPS) is 47.9. The quantitative estimate of drug-likeness (QED) is 0.346. The second kappa shape index (κ2) is 2.88. The molecule has 5 heteroatoms. The predicted molar refractivity (Wildman–Crippen MR) is 36.3 cm³/mol. The van der Waals surface area contributed by atoms with E-state index in [-0.39, 0.29) is 12.6 Å². The third-order valence-electron chi connectivity index (χ3n) is 1.78. The Bertz CT molecular complexity index is 120. The molecule has 0 aromatic rings. The summed E-state index contributed by atoms with van der Waals surface area (Å²) < 4.78 is 4.98. The molecule has 1 saturated heterocycles. The van der Waals surface area contributed by atoms with Crippen molar-refractivity contribution in [1.82, 2.24) is 0 Å². The first-order valence-corrected chi connectivity index (χ1v) is 3.29. The molecule has 0 unspecified atom stereocenters. The molecule has 0 spiro atoms. The van der Waals surface area contributed by atoms with Crippen LogP contribution in [0.5, 0.6) is 0 Å². The zero-order valence-corrected chi connectivity index (χ0v) is 5.77. The number of aliphatic hydroxyl groups excluding tert-OH is 3. The van der Waals surface area contributed by atoms with Gasteiger partial charge in [0.05, 0.1) is 12.6 Å². The van der Waals surface area contributed by atoms with Crippen molar-refractivity contribution < 1.29 is 20.1 Å². The zero-order valence-electron chi connectivity index (χ0n) is 5.77. The van der Waals surface area contributed by atoms with Crippen LogP contribution in [0.3, 0.4) is 0 Å². The van der Waals surface area contributed by atoms with Gasteiger partial charge in [-0.05, 0) is 0 Å². The van der Waals surface area contributed by atoms with Gasteiger partial charge in [-0.3, -0.25) is 0 Å². The van der Waals surface area contributed by atoms with Crippen molar-refractivity contribution in [3.63, 3.8) is 0 Å². The van der Waals surface area contributed by atoms with Crippen molar-refractivity contribution in [3.8, 4) is 0 Å². The molecular weight excluding hydrogens is 135 g/mol. The topological polar surface area (TPSA) is 69.9 Å². The summed E-state index contributed by atoms with van der Waals surface area (Å²) >= 11 is 0. The van der Waals surface area contributed by atoms with Gasteiger partial charge >= 0.3 is 0 Å². The number of aliphatic hydroxyl groups is 3. The summed E-state index contributed by atoms with van der Waals surface area (Å²) in [6.07, 6.45) is -2.43. The van der Waals surface area contributed by atoms with E-state index in [2.05, 4.69) is 0 Å². The van der Waals surface area contributed by atoms with Crippen LogP contribution >= 0.6 is 0 Å². The van der Waals surface area contributed by atoms with Crippen LogP contribution in [-0.2, 0) is 4.74 Å². The van der Waals surface area contributed by atoms with Crippen LogP contribution in [0.15, 0.2) is 0 Å². The van der Waals surface area contributed by atoms with Crippen LogP contribution in [0.25, 0.3) is 0 Å². The fraction of sp³-hybridized carbons (Fsp3) is 1.00. The van der Waals surface area contributed by atoms with E-state index in [4.69, 9.17) is 20.1 Å². The Labute approximate surface area is 59.8 Å². The molecule has 4 nitrogen and oxygen atoms in total. The van der Waals surface area contributed by atoms with Crippen LogP contribution in [0.1, 0.15) is 0 Å². The van der Waals surface area contributed by atoms with Crippen molar-refractivity contribution in [3.05, 3.63) is 0 Å². The third-order valence-corrected chi connectivity index (χ3v) is 1.78. The molecule has 0 aliphatic carbocycles. The van der Waals surface area contributed by atoms with Crippen LogP contribution in [0.4, 0.5) is 0 Å². The van der Waals surface area contributed by atoms with E-state index in [0.717, 1.165) is 0 Å². The molecule has 0 aromatic heterocycles. The minimum absolute atomic E-state index is 0.247. The first-order chi connectivity index (χ1) is 4.66. The SMILES string of the molecule is B[C@@H]1O[C@H](CO)[C@@H](O)[C@@H]1O. The minimum atomic E-state index is -0.944. The summed E-state index contributed by atoms with van der Waals surface area (Å²) in [7, 11) is 1.66. The van der Waals surface area contributed by atoms with Gasteiger partial charge in [-0.2, -0.15) is 0 Å². The van der Waals surface area contributed by atoms with Crippen LogP contribution < -0.4 is 0 Å². The van der Waals surface area contributed by atoms with Gasteiger partial charge in [-0.1, -0.05) is 0 Å². The third kappa shape index (κ3) is 1.18. The van der Waals surface area contributed by atoms with Gasteiger partial charge in [0, 0.05) is 0 Å². The van der Waals surface area contributed by atoms with E-state index in [1.165, 1.54) is 0 Å². The summed E-state index contributed by atoms with van der Waals surface area (Å²) in [5, 5.41) is 26.8. The number of rotatable bonds is 1. The molecule has 58 valence electrons. The lowest BCUT2D eigenvalue weighted by Gasteiger charge is -2.10. The maximum absolute atomic E-state index is 9.09. The lowest BCUT2D eigenvalue weighted by molar-refractivity contribution is -0.00875. The lowest BCUT2D eigenvalue weighted by Crippen LogP contribution is -2.33. The summed E-state index contributed by atoms with van der Waals surface area (Å²) in [6, 6.07) is -0.382. The Morgan fingerprint density at radius 3 is 2.10 bits per heavy atom. The molecule has 1 rings (SSSR count). The van der Waals surface area contributed by atoms with Gasteiger partial charge in [0.2, 0.25) is 0 Å². The Morgan fingerprint density at radius 2 is 1.90 bits per heavy atom. The predicted octanol–water partition coefficient (Wildman–Crippen LogP) is -2.94. The first-order valence-electron chi connectivity index (χ1n) is 3.29. The fourth-order valence-electron chi connectivity index (χ4n) is 1.09. The summed E-state index contributed by atoms with van der Waals surface area (Å²) in [6.45, 7) is -0.247. The largest absolute Gasteiger partial charge is 0.394 e. The number of ether oxygens (including phenoxy) is 1. The maximum atomic E-state index is 9.09. The van der Waals surface area contributed by atoms with Crippen molar-refractivity contribution in [2.75, 3.05) is 6.61 Å². The molecule has 1 aliphatic heterocycles. The van der Waals surface area contributed by atoms with Crippen LogP contribution in [0.2, 0.25) is 0 Å². The average molecular weight is 146 g/mol. The molecule has 1 aliphatic rings. The Balaban J connectivity index is 2.53. The van der Waals surface area contributed by atoms with Crippen molar-refractivity contribution in [2.45, 2.75) is 24.3 Å². The minimum Gasteiger partial charge on any atom is -0.394 e. The first kappa shape index (κ1) is 8.01. The van der Waals surface area contributed by atoms with E-state index < -0.39 is 18.3 Å². The van der Waals surface area contributed by atoms with Crippen molar-refractivity contribution >= 4 is 7.85 Å². The van der Waals surface area contributed by atoms with Gasteiger partial charge in [-0.25, -0.2) is 0 Å². The van der Waals surface area contributed by atoms with E-state index in [9.17, 15) is 0 Å². The molecule has 0 aromatic carbocycles. The van der Waals surface area contributed by atoms with Gasteiger partial charge in [-0.15, -0.1) is 0 Å². The molecule has 10 heavy (non-hydrogen) atoms. The van der Waals surface area contributed by atoms with Gasteiger partial charge in [0.15, 0.2) is 0 Å². The zero-order chi connectivity index (χ0) is 7.72. The van der Waals surface area contributed by atoms with E-state index in [0.29, 0.717) is 0 Å². The Morgan fingerprint density at radius 1 is 1.30 bits per heavy atom. The molecule has 0 bridgehead atoms. The second-order valence-corrected chi connectivity index (χ2v) is 2.54. The standard InChI is InChI=1S/C5H11BO4/c6-5-4(9)3(8)2(1-7)10-5/h2-5,7-9H,1,6H2/t2-,3-,4+,5-/m1/s1. The summed E-state index contributed by atoms with van der Waals surface area (Å²) in [4.78, 5) is 0. The highest BCUT2D eigenvalue weighted by Gasteiger charge is 2.39. The van der Waals surface area contributed by atoms with Gasteiger partial charge in [0.1, 0.15) is 26.2 Å². The average Bonchev–Trinajstić information content (AvgIpc) is 2.17. The van der Waals surface area contributed by atoms with E-state index >= 15 is 0 Å². The molecule has 1 fully saturated rings. The smallest absolute Gasteiger partial charge is 0.142 e. The van der Waals surface area contributed by atoms with Crippen LogP contribution in [-0.4, -0.2) is 54.1 Å². The molecule has 0 amide bonds. The fourth-order valence-corrected chi connectivity index (χ4v) is 1.09. The second-order valence-electron chi connectivity index (χ2n) is 2.54.